The Morgan fingerprint density at radius 2 is 1.15 bits per heavy atom. The zero-order chi connectivity index (χ0) is 23.4. The zero-order valence-electron chi connectivity index (χ0n) is 18.5. The Labute approximate surface area is 192 Å². The van der Waals surface area contributed by atoms with Gasteiger partial charge in [-0.15, -0.1) is 0 Å². The van der Waals surface area contributed by atoms with Crippen molar-refractivity contribution in [3.63, 3.8) is 0 Å². The van der Waals surface area contributed by atoms with E-state index in [0.717, 1.165) is 27.5 Å². The molecule has 0 N–H and O–H groups in total. The summed E-state index contributed by atoms with van der Waals surface area (Å²) in [7, 11) is 3.19. The second kappa shape index (κ2) is 9.56. The second-order valence-corrected chi connectivity index (χ2v) is 7.69. The van der Waals surface area contributed by atoms with Gasteiger partial charge in [-0.05, 0) is 47.5 Å². The number of ether oxygens (including phenoxy) is 2. The first kappa shape index (κ1) is 22.1. The molecule has 168 valence electrons. The maximum atomic E-state index is 13.3. The van der Waals surface area contributed by atoms with E-state index in [9.17, 15) is 14.4 Å². The van der Waals surface area contributed by atoms with Crippen LogP contribution in [0.2, 0.25) is 0 Å². The quantitative estimate of drug-likeness (QED) is 0.497. The van der Waals surface area contributed by atoms with Crippen molar-refractivity contribution in [2.75, 3.05) is 20.8 Å². The van der Waals surface area contributed by atoms with Crippen molar-refractivity contribution in [3.05, 3.63) is 95.1 Å². The fraction of sp³-hybridized carbons (Fsp3) is 0.192. The standard InChI is InChI=1S/C26H24N2O5/c1-32-20-11-7-18(8-12-20)15-27(16-19-9-13-21(33-2)14-10-19)24(29)17-28-25(30)22-5-3-4-6-23(22)26(28)31/h3-14H,15-17H2,1-2H3. The largest absolute Gasteiger partial charge is 0.497 e. The van der Waals surface area contributed by atoms with E-state index in [1.54, 1.807) is 43.4 Å². The van der Waals surface area contributed by atoms with Crippen LogP contribution in [0.15, 0.2) is 72.8 Å². The number of methoxy groups -OCH3 is 2. The van der Waals surface area contributed by atoms with Gasteiger partial charge < -0.3 is 14.4 Å². The highest BCUT2D eigenvalue weighted by Crippen LogP contribution is 2.23. The van der Waals surface area contributed by atoms with Crippen molar-refractivity contribution in [1.82, 2.24) is 9.80 Å². The Balaban J connectivity index is 1.55. The smallest absolute Gasteiger partial charge is 0.262 e. The van der Waals surface area contributed by atoms with Crippen LogP contribution in [0.1, 0.15) is 31.8 Å². The molecule has 0 bridgehead atoms. The van der Waals surface area contributed by atoms with E-state index < -0.39 is 11.8 Å². The molecule has 33 heavy (non-hydrogen) atoms. The lowest BCUT2D eigenvalue weighted by atomic mass is 10.1. The summed E-state index contributed by atoms with van der Waals surface area (Å²) in [6, 6.07) is 21.5. The SMILES string of the molecule is COc1ccc(CN(Cc2ccc(OC)cc2)C(=O)CN2C(=O)c3ccccc3C2=O)cc1. The fourth-order valence-corrected chi connectivity index (χ4v) is 3.75. The molecule has 0 saturated heterocycles. The fourth-order valence-electron chi connectivity index (χ4n) is 3.75. The molecule has 3 aromatic rings. The molecule has 7 nitrogen and oxygen atoms in total. The molecule has 0 aliphatic carbocycles. The average molecular weight is 444 g/mol. The lowest BCUT2D eigenvalue weighted by Crippen LogP contribution is -2.42. The van der Waals surface area contributed by atoms with Gasteiger partial charge in [-0.3, -0.25) is 19.3 Å². The van der Waals surface area contributed by atoms with Crippen LogP contribution < -0.4 is 9.47 Å². The van der Waals surface area contributed by atoms with Crippen molar-refractivity contribution < 1.29 is 23.9 Å². The molecular weight excluding hydrogens is 420 g/mol. The zero-order valence-corrected chi connectivity index (χ0v) is 18.5. The average Bonchev–Trinajstić information content (AvgIpc) is 3.09. The number of hydrogen-bond donors (Lipinski definition) is 0. The number of carbonyl (C=O) groups excluding carboxylic acids is 3. The van der Waals surface area contributed by atoms with Crippen LogP contribution in [0.5, 0.6) is 11.5 Å². The van der Waals surface area contributed by atoms with Crippen LogP contribution in [0.25, 0.3) is 0 Å². The number of benzene rings is 3. The van der Waals surface area contributed by atoms with Crippen molar-refractivity contribution in [1.29, 1.82) is 0 Å². The Bertz CT molecular complexity index is 1090. The van der Waals surface area contributed by atoms with Gasteiger partial charge >= 0.3 is 0 Å². The van der Waals surface area contributed by atoms with E-state index in [-0.39, 0.29) is 12.5 Å². The van der Waals surface area contributed by atoms with E-state index >= 15 is 0 Å². The number of rotatable bonds is 8. The van der Waals surface area contributed by atoms with E-state index in [2.05, 4.69) is 0 Å². The van der Waals surface area contributed by atoms with Crippen LogP contribution in [-0.2, 0) is 17.9 Å². The van der Waals surface area contributed by atoms with Crippen LogP contribution in [0.3, 0.4) is 0 Å². The van der Waals surface area contributed by atoms with E-state index in [0.29, 0.717) is 24.2 Å². The summed E-state index contributed by atoms with van der Waals surface area (Å²) in [5.74, 6) is 0.224. The van der Waals surface area contributed by atoms with Gasteiger partial charge in [0.2, 0.25) is 5.91 Å². The number of hydrogen-bond acceptors (Lipinski definition) is 5. The van der Waals surface area contributed by atoms with Gasteiger partial charge in [0.1, 0.15) is 18.0 Å². The summed E-state index contributed by atoms with van der Waals surface area (Å²) in [4.78, 5) is 41.4. The maximum Gasteiger partial charge on any atom is 0.262 e. The third-order valence-corrected chi connectivity index (χ3v) is 5.59. The number of nitrogens with zero attached hydrogens (tertiary/aromatic N) is 2. The number of amides is 3. The maximum absolute atomic E-state index is 13.3. The third-order valence-electron chi connectivity index (χ3n) is 5.59. The van der Waals surface area contributed by atoms with Gasteiger partial charge in [-0.25, -0.2) is 0 Å². The van der Waals surface area contributed by atoms with Crippen LogP contribution in [0.4, 0.5) is 0 Å². The summed E-state index contributed by atoms with van der Waals surface area (Å²) in [6.45, 7) is 0.314. The lowest BCUT2D eigenvalue weighted by Gasteiger charge is -2.25. The Morgan fingerprint density at radius 3 is 1.55 bits per heavy atom. The molecule has 3 amide bonds. The van der Waals surface area contributed by atoms with Gasteiger partial charge in [0.15, 0.2) is 0 Å². The van der Waals surface area contributed by atoms with Crippen molar-refractivity contribution in [3.8, 4) is 11.5 Å². The van der Waals surface area contributed by atoms with E-state index in [4.69, 9.17) is 9.47 Å². The minimum absolute atomic E-state index is 0.317. The lowest BCUT2D eigenvalue weighted by molar-refractivity contribution is -0.132. The number of imide groups is 1. The number of fused-ring (bicyclic) bond motifs is 1. The number of carbonyl (C=O) groups is 3. The van der Waals surface area contributed by atoms with E-state index in [1.807, 2.05) is 48.5 Å². The van der Waals surface area contributed by atoms with Crippen molar-refractivity contribution in [2.45, 2.75) is 13.1 Å². The van der Waals surface area contributed by atoms with Gasteiger partial charge in [-0.2, -0.15) is 0 Å². The van der Waals surface area contributed by atoms with Gasteiger partial charge in [-0.1, -0.05) is 36.4 Å². The topological polar surface area (TPSA) is 76.2 Å². The molecule has 0 saturated carbocycles. The molecule has 0 aromatic heterocycles. The monoisotopic (exact) mass is 444 g/mol. The first-order valence-electron chi connectivity index (χ1n) is 10.5. The predicted molar refractivity (Wildman–Crippen MR) is 122 cm³/mol. The van der Waals surface area contributed by atoms with Crippen molar-refractivity contribution in [2.24, 2.45) is 0 Å². The molecule has 1 heterocycles. The molecule has 4 rings (SSSR count). The summed E-state index contributed by atoms with van der Waals surface area (Å²) in [5.41, 5.74) is 2.46. The molecular formula is C26H24N2O5. The van der Waals surface area contributed by atoms with Gasteiger partial charge in [0, 0.05) is 13.1 Å². The normalized spacial score (nSPS) is 12.5. The van der Waals surface area contributed by atoms with Crippen LogP contribution in [-0.4, -0.2) is 48.3 Å². The third kappa shape index (κ3) is 4.72. The van der Waals surface area contributed by atoms with E-state index in [1.165, 1.54) is 0 Å². The minimum atomic E-state index is -0.446. The molecule has 0 atom stereocenters. The molecule has 0 fully saturated rings. The van der Waals surface area contributed by atoms with Crippen molar-refractivity contribution >= 4 is 17.7 Å². The molecule has 0 unspecified atom stereocenters. The van der Waals surface area contributed by atoms with Crippen LogP contribution in [0, 0.1) is 0 Å². The second-order valence-electron chi connectivity index (χ2n) is 7.69. The Kier molecular flexibility index (Phi) is 6.40. The molecule has 0 spiro atoms. The highest BCUT2D eigenvalue weighted by Gasteiger charge is 2.37. The summed E-state index contributed by atoms with van der Waals surface area (Å²) in [5, 5.41) is 0. The highest BCUT2D eigenvalue weighted by molar-refractivity contribution is 6.22. The predicted octanol–water partition coefficient (Wildman–Crippen LogP) is 3.53. The highest BCUT2D eigenvalue weighted by atomic mass is 16.5. The molecule has 0 radical (unpaired) electrons. The Hall–Kier alpha value is -4.13. The summed E-state index contributed by atoms with van der Waals surface area (Å²) in [6.07, 6.45) is 0. The molecule has 1 aliphatic rings. The van der Waals surface area contributed by atoms with Gasteiger partial charge in [0.05, 0.1) is 25.3 Å². The molecule has 3 aromatic carbocycles. The summed E-state index contributed by atoms with van der Waals surface area (Å²) >= 11 is 0. The minimum Gasteiger partial charge on any atom is -0.497 e. The first-order valence-corrected chi connectivity index (χ1v) is 10.5. The summed E-state index contributed by atoms with van der Waals surface area (Å²) < 4.78 is 10.4. The van der Waals surface area contributed by atoms with Gasteiger partial charge in [0.25, 0.3) is 11.8 Å². The first-order chi connectivity index (χ1) is 16.0. The molecule has 7 heteroatoms. The van der Waals surface area contributed by atoms with Crippen LogP contribution >= 0.6 is 0 Å². The molecule has 1 aliphatic heterocycles. The Morgan fingerprint density at radius 1 is 0.727 bits per heavy atom.